The van der Waals surface area contributed by atoms with Gasteiger partial charge in [0.2, 0.25) is 5.91 Å². The third kappa shape index (κ3) is 4.48. The molecule has 1 unspecified atom stereocenters. The Labute approximate surface area is 211 Å². The molecule has 4 rings (SSSR count). The van der Waals surface area contributed by atoms with Gasteiger partial charge in [0.1, 0.15) is 17.3 Å². The van der Waals surface area contributed by atoms with Gasteiger partial charge in [-0.3, -0.25) is 24.3 Å². The van der Waals surface area contributed by atoms with Crippen molar-refractivity contribution in [2.75, 3.05) is 24.4 Å². The van der Waals surface area contributed by atoms with Crippen molar-refractivity contribution in [2.24, 2.45) is 0 Å². The first-order valence-corrected chi connectivity index (χ1v) is 11.1. The second kappa shape index (κ2) is 10.1. The number of aliphatic hydroxyl groups is 1. The highest BCUT2D eigenvalue weighted by Gasteiger charge is 2.47. The highest BCUT2D eigenvalue weighted by molar-refractivity contribution is 6.51. The van der Waals surface area contributed by atoms with Crippen molar-refractivity contribution in [3.05, 3.63) is 82.6 Å². The van der Waals surface area contributed by atoms with E-state index in [2.05, 4.69) is 10.3 Å². The van der Waals surface area contributed by atoms with E-state index >= 15 is 0 Å². The highest BCUT2D eigenvalue weighted by Crippen LogP contribution is 2.44. The van der Waals surface area contributed by atoms with Gasteiger partial charge >= 0.3 is 0 Å². The fourth-order valence-corrected chi connectivity index (χ4v) is 4.32. The number of nitrogens with zero attached hydrogens (tertiary/aromatic N) is 2. The van der Waals surface area contributed by atoms with Gasteiger partial charge < -0.3 is 19.9 Å². The van der Waals surface area contributed by atoms with E-state index in [1.165, 1.54) is 50.6 Å². The summed E-state index contributed by atoms with van der Waals surface area (Å²) < 4.78 is 10.6. The lowest BCUT2D eigenvalue weighted by molar-refractivity contribution is -0.132. The molecular weight excluding hydrogens is 486 g/mol. The molecule has 0 radical (unpaired) electrons. The van der Waals surface area contributed by atoms with E-state index in [1.54, 1.807) is 36.4 Å². The summed E-state index contributed by atoms with van der Waals surface area (Å²) in [5, 5.41) is 14.3. The summed E-state index contributed by atoms with van der Waals surface area (Å²) in [5.74, 6) is -2.05. The highest BCUT2D eigenvalue weighted by atomic mass is 35.5. The van der Waals surface area contributed by atoms with E-state index in [0.29, 0.717) is 16.9 Å². The molecule has 2 heterocycles. The van der Waals surface area contributed by atoms with Gasteiger partial charge in [-0.15, -0.1) is 0 Å². The number of aromatic nitrogens is 1. The standard InChI is InChI=1S/C26H22ClN3O6/c1-14(31)29-16-5-4-6-17(11-16)30-23(15-7-9-28-10-8-15)22(25(33)26(30)34)24(32)18-12-21(36-3)19(27)13-20(18)35-2/h4-13,23,32H,1-3H3,(H,29,31)/b24-22+. The number of nitrogens with one attached hydrogen (secondary N) is 1. The van der Waals surface area contributed by atoms with Crippen LogP contribution >= 0.6 is 11.6 Å². The predicted molar refractivity (Wildman–Crippen MR) is 134 cm³/mol. The normalized spacial score (nSPS) is 16.7. The first kappa shape index (κ1) is 24.7. The molecule has 0 bridgehead atoms. The maximum absolute atomic E-state index is 13.4. The van der Waals surface area contributed by atoms with Gasteiger partial charge in [0.25, 0.3) is 11.7 Å². The minimum atomic E-state index is -0.994. The Bertz CT molecular complexity index is 1390. The Morgan fingerprint density at radius 1 is 1.06 bits per heavy atom. The van der Waals surface area contributed by atoms with Crippen molar-refractivity contribution in [2.45, 2.75) is 13.0 Å². The second-order valence-corrected chi connectivity index (χ2v) is 8.28. The Morgan fingerprint density at radius 3 is 2.39 bits per heavy atom. The molecule has 3 aromatic rings. The Balaban J connectivity index is 1.96. The van der Waals surface area contributed by atoms with Crippen LogP contribution in [0, 0.1) is 0 Å². The van der Waals surface area contributed by atoms with E-state index in [0.717, 1.165) is 0 Å². The molecule has 1 aromatic heterocycles. The van der Waals surface area contributed by atoms with E-state index in [9.17, 15) is 19.5 Å². The number of aliphatic hydroxyl groups excluding tert-OH is 1. The molecule has 9 nitrogen and oxygen atoms in total. The summed E-state index contributed by atoms with van der Waals surface area (Å²) in [4.78, 5) is 43.6. The third-order valence-corrected chi connectivity index (χ3v) is 5.94. The summed E-state index contributed by atoms with van der Waals surface area (Å²) in [7, 11) is 2.80. The van der Waals surface area contributed by atoms with Crippen LogP contribution in [0.25, 0.3) is 5.76 Å². The van der Waals surface area contributed by atoms with E-state index in [1.807, 2.05) is 0 Å². The number of carbonyl (C=O) groups is 3. The lowest BCUT2D eigenvalue weighted by Crippen LogP contribution is -2.29. The second-order valence-electron chi connectivity index (χ2n) is 7.87. The van der Waals surface area contributed by atoms with Crippen LogP contribution in [0.1, 0.15) is 24.1 Å². The molecule has 1 aliphatic rings. The molecule has 2 amide bonds. The van der Waals surface area contributed by atoms with Gasteiger partial charge in [-0.05, 0) is 42.0 Å². The lowest BCUT2D eigenvalue weighted by atomic mass is 9.95. The van der Waals surface area contributed by atoms with Gasteiger partial charge in [0.05, 0.1) is 36.4 Å². The smallest absolute Gasteiger partial charge is 0.300 e. The van der Waals surface area contributed by atoms with Gasteiger partial charge in [0, 0.05) is 36.8 Å². The molecule has 184 valence electrons. The Morgan fingerprint density at radius 2 is 1.75 bits per heavy atom. The monoisotopic (exact) mass is 507 g/mol. The number of hydrogen-bond donors (Lipinski definition) is 2. The lowest BCUT2D eigenvalue weighted by Gasteiger charge is -2.26. The fraction of sp³-hybridized carbons (Fsp3) is 0.154. The molecule has 1 atom stereocenters. The third-order valence-electron chi connectivity index (χ3n) is 5.64. The molecule has 36 heavy (non-hydrogen) atoms. The summed E-state index contributed by atoms with van der Waals surface area (Å²) in [6.45, 7) is 1.36. The quantitative estimate of drug-likeness (QED) is 0.289. The van der Waals surface area contributed by atoms with E-state index in [-0.39, 0.29) is 33.6 Å². The molecular formula is C26H22ClN3O6. The number of carbonyl (C=O) groups excluding carboxylic acids is 3. The largest absolute Gasteiger partial charge is 0.507 e. The first-order valence-electron chi connectivity index (χ1n) is 10.8. The Kier molecular flexibility index (Phi) is 6.93. The van der Waals surface area contributed by atoms with Crippen LogP contribution in [0.4, 0.5) is 11.4 Å². The average Bonchev–Trinajstić information content (AvgIpc) is 3.14. The SMILES string of the molecule is COc1cc(/C(O)=C2\C(=O)C(=O)N(c3cccc(NC(C)=O)c3)C2c2ccncc2)c(OC)cc1Cl. The number of Topliss-reactive ketones (excluding diaryl/α,β-unsaturated/α-hetero) is 1. The van der Waals surface area contributed by atoms with Crippen LogP contribution in [-0.2, 0) is 14.4 Å². The topological polar surface area (TPSA) is 118 Å². The maximum Gasteiger partial charge on any atom is 0.300 e. The summed E-state index contributed by atoms with van der Waals surface area (Å²) >= 11 is 6.21. The Hall–Kier alpha value is -4.37. The molecule has 10 heteroatoms. The number of rotatable bonds is 6. The molecule has 2 N–H and O–H groups in total. The number of benzene rings is 2. The van der Waals surface area contributed by atoms with Crippen molar-refractivity contribution in [3.8, 4) is 11.5 Å². The van der Waals surface area contributed by atoms with Crippen LogP contribution in [0.2, 0.25) is 5.02 Å². The van der Waals surface area contributed by atoms with E-state index < -0.39 is 23.5 Å². The number of anilines is 2. The fourth-order valence-electron chi connectivity index (χ4n) is 4.09. The molecule has 1 fully saturated rings. The van der Waals surface area contributed by atoms with Crippen LogP contribution in [-0.4, -0.2) is 41.9 Å². The zero-order valence-corrected chi connectivity index (χ0v) is 20.4. The van der Waals surface area contributed by atoms with Gasteiger partial charge in [-0.1, -0.05) is 17.7 Å². The zero-order valence-electron chi connectivity index (χ0n) is 19.6. The minimum Gasteiger partial charge on any atom is -0.507 e. The van der Waals surface area contributed by atoms with Crippen LogP contribution in [0.15, 0.2) is 66.5 Å². The predicted octanol–water partition coefficient (Wildman–Crippen LogP) is 4.34. The molecule has 0 saturated carbocycles. The van der Waals surface area contributed by atoms with Crippen LogP contribution < -0.4 is 19.7 Å². The van der Waals surface area contributed by atoms with Gasteiger partial charge in [-0.25, -0.2) is 0 Å². The summed E-state index contributed by atoms with van der Waals surface area (Å²) in [5.41, 5.74) is 1.31. The van der Waals surface area contributed by atoms with Gasteiger partial charge in [-0.2, -0.15) is 0 Å². The number of ether oxygens (including phenoxy) is 2. The van der Waals surface area contributed by atoms with Crippen molar-refractivity contribution < 1.29 is 29.0 Å². The number of hydrogen-bond acceptors (Lipinski definition) is 7. The van der Waals surface area contributed by atoms with Crippen molar-refractivity contribution in [1.29, 1.82) is 0 Å². The molecule has 1 saturated heterocycles. The first-order chi connectivity index (χ1) is 17.3. The number of methoxy groups -OCH3 is 2. The van der Waals surface area contributed by atoms with E-state index in [4.69, 9.17) is 21.1 Å². The van der Waals surface area contributed by atoms with Crippen molar-refractivity contribution >= 4 is 46.3 Å². The number of ketones is 1. The maximum atomic E-state index is 13.4. The molecule has 0 spiro atoms. The number of halogens is 1. The number of pyridine rings is 1. The molecule has 0 aliphatic carbocycles. The van der Waals surface area contributed by atoms with Gasteiger partial charge in [0.15, 0.2) is 0 Å². The summed E-state index contributed by atoms with van der Waals surface area (Å²) in [6, 6.07) is 11.7. The van der Waals surface area contributed by atoms with Crippen molar-refractivity contribution in [1.82, 2.24) is 4.98 Å². The van der Waals surface area contributed by atoms with Crippen LogP contribution in [0.3, 0.4) is 0 Å². The molecule has 2 aromatic carbocycles. The zero-order chi connectivity index (χ0) is 26.0. The number of amides is 2. The summed E-state index contributed by atoms with van der Waals surface area (Å²) in [6.07, 6.45) is 3.05. The van der Waals surface area contributed by atoms with Crippen LogP contribution in [0.5, 0.6) is 11.5 Å². The minimum absolute atomic E-state index is 0.128. The average molecular weight is 508 g/mol. The van der Waals surface area contributed by atoms with Crippen molar-refractivity contribution in [3.63, 3.8) is 0 Å². The molecule has 1 aliphatic heterocycles.